The van der Waals surface area contributed by atoms with Crippen molar-refractivity contribution in [3.8, 4) is 5.75 Å². The summed E-state index contributed by atoms with van der Waals surface area (Å²) in [5, 5.41) is 12.4. The van der Waals surface area contributed by atoms with E-state index >= 15 is 0 Å². The van der Waals surface area contributed by atoms with Crippen molar-refractivity contribution in [3.05, 3.63) is 35.9 Å². The van der Waals surface area contributed by atoms with E-state index in [2.05, 4.69) is 20.8 Å². The predicted octanol–water partition coefficient (Wildman–Crippen LogP) is 0.258. The normalized spacial score (nSPS) is 10.2. The van der Waals surface area contributed by atoms with Crippen LogP contribution in [0.5, 0.6) is 5.75 Å². The van der Waals surface area contributed by atoms with Crippen LogP contribution in [0.25, 0.3) is 0 Å². The van der Waals surface area contributed by atoms with Gasteiger partial charge >= 0.3 is 6.03 Å². The number of nitrogens with two attached hydrogens (primary N) is 1. The molecule has 0 aliphatic carbocycles. The summed E-state index contributed by atoms with van der Waals surface area (Å²) in [5.74, 6) is 5.70. The molecule has 9 nitrogen and oxygen atoms in total. The second-order valence-electron chi connectivity index (χ2n) is 4.43. The molecule has 1 aromatic carbocycles. The first-order chi connectivity index (χ1) is 11.5. The third-order valence-electron chi connectivity index (χ3n) is 2.73. The fraction of sp³-hybridized carbons (Fsp3) is 0.231. The number of halogens is 1. The van der Waals surface area contributed by atoms with Crippen molar-refractivity contribution < 1.29 is 18.7 Å². The number of urea groups is 1. The van der Waals surface area contributed by atoms with Crippen LogP contribution in [0.2, 0.25) is 0 Å². The summed E-state index contributed by atoms with van der Waals surface area (Å²) in [4.78, 5) is 22.5. The lowest BCUT2D eigenvalue weighted by molar-refractivity contribution is -0.117. The minimum Gasteiger partial charge on any atom is -0.486 e. The number of nitrogen functional groups attached to an aromatic ring is 1. The molecule has 0 aliphatic heterocycles. The molecule has 2 aromatic rings. The number of aromatic nitrogens is 3. The number of thioether (sulfide) groups is 1. The SMILES string of the molecule is CNC(=O)NC(=O)CSc1nnc(COc2ccc(F)cc2)n1N. The van der Waals surface area contributed by atoms with Crippen molar-refractivity contribution in [1.82, 2.24) is 25.5 Å². The van der Waals surface area contributed by atoms with Crippen molar-refractivity contribution in [2.24, 2.45) is 0 Å². The highest BCUT2D eigenvalue weighted by atomic mass is 32.2. The fourth-order valence-corrected chi connectivity index (χ4v) is 2.21. The van der Waals surface area contributed by atoms with Gasteiger partial charge in [0.1, 0.15) is 18.2 Å². The number of rotatable bonds is 6. The highest BCUT2D eigenvalue weighted by Gasteiger charge is 2.13. The van der Waals surface area contributed by atoms with Crippen LogP contribution in [-0.2, 0) is 11.4 Å². The third-order valence-corrected chi connectivity index (χ3v) is 3.67. The Morgan fingerprint density at radius 3 is 2.71 bits per heavy atom. The molecule has 0 saturated heterocycles. The highest BCUT2D eigenvalue weighted by molar-refractivity contribution is 7.99. The van der Waals surface area contributed by atoms with Crippen LogP contribution in [0, 0.1) is 5.82 Å². The van der Waals surface area contributed by atoms with E-state index in [9.17, 15) is 14.0 Å². The lowest BCUT2D eigenvalue weighted by Crippen LogP contribution is -2.38. The molecule has 0 bridgehead atoms. The number of nitrogens with one attached hydrogen (secondary N) is 2. The Morgan fingerprint density at radius 2 is 2.04 bits per heavy atom. The molecule has 1 aromatic heterocycles. The van der Waals surface area contributed by atoms with Crippen molar-refractivity contribution in [3.63, 3.8) is 0 Å². The minimum atomic E-state index is -0.594. The molecule has 0 spiro atoms. The van der Waals surface area contributed by atoms with Gasteiger partial charge in [0.15, 0.2) is 5.82 Å². The average molecular weight is 354 g/mol. The summed E-state index contributed by atoms with van der Waals surface area (Å²) in [7, 11) is 1.40. The summed E-state index contributed by atoms with van der Waals surface area (Å²) < 4.78 is 19.4. The maximum Gasteiger partial charge on any atom is 0.321 e. The topological polar surface area (TPSA) is 124 Å². The molecule has 2 rings (SSSR count). The number of imide groups is 1. The third kappa shape index (κ3) is 4.84. The number of benzene rings is 1. The Hall–Kier alpha value is -2.82. The number of amides is 3. The number of carbonyl (C=O) groups is 2. The van der Waals surface area contributed by atoms with Crippen LogP contribution < -0.4 is 21.2 Å². The number of carbonyl (C=O) groups excluding carboxylic acids is 2. The van der Waals surface area contributed by atoms with Crippen LogP contribution >= 0.6 is 11.8 Å². The van der Waals surface area contributed by atoms with Gasteiger partial charge in [0, 0.05) is 7.05 Å². The van der Waals surface area contributed by atoms with Gasteiger partial charge in [-0.3, -0.25) is 10.1 Å². The summed E-state index contributed by atoms with van der Waals surface area (Å²) in [6, 6.07) is 4.91. The quantitative estimate of drug-likeness (QED) is 0.502. The Bertz CT molecular complexity index is 721. The standard InChI is InChI=1S/C13H15FN6O3S/c1-16-12(22)17-11(21)7-24-13-19-18-10(20(13)15)6-23-9-4-2-8(14)3-5-9/h2-5H,6-7,15H2,1H3,(H2,16,17,21,22). The van der Waals surface area contributed by atoms with Crippen LogP contribution in [0.4, 0.5) is 9.18 Å². The van der Waals surface area contributed by atoms with Crippen molar-refractivity contribution >= 4 is 23.7 Å². The maximum absolute atomic E-state index is 12.8. The predicted molar refractivity (Wildman–Crippen MR) is 84.2 cm³/mol. The largest absolute Gasteiger partial charge is 0.486 e. The number of nitrogens with zero attached hydrogens (tertiary/aromatic N) is 3. The molecule has 1 heterocycles. The summed E-state index contributed by atoms with van der Waals surface area (Å²) in [6.45, 7) is 0.0279. The van der Waals surface area contributed by atoms with Gasteiger partial charge in [0.25, 0.3) is 0 Å². The minimum absolute atomic E-state index is 0.0279. The summed E-state index contributed by atoms with van der Waals surface area (Å²) >= 11 is 1.02. The molecule has 0 fully saturated rings. The molecular weight excluding hydrogens is 339 g/mol. The van der Waals surface area contributed by atoms with Gasteiger partial charge in [-0.25, -0.2) is 13.9 Å². The van der Waals surface area contributed by atoms with Gasteiger partial charge in [0.2, 0.25) is 11.1 Å². The summed E-state index contributed by atoms with van der Waals surface area (Å²) in [6.07, 6.45) is 0. The van der Waals surface area contributed by atoms with E-state index in [-0.39, 0.29) is 18.2 Å². The smallest absolute Gasteiger partial charge is 0.321 e. The van der Waals surface area contributed by atoms with Crippen LogP contribution in [0.1, 0.15) is 5.82 Å². The Labute approximate surface area is 140 Å². The molecule has 11 heteroatoms. The van der Waals surface area contributed by atoms with E-state index in [0.717, 1.165) is 11.8 Å². The van der Waals surface area contributed by atoms with E-state index in [1.54, 1.807) is 0 Å². The van der Waals surface area contributed by atoms with Crippen molar-refractivity contribution in [2.75, 3.05) is 18.6 Å². The number of ether oxygens (including phenoxy) is 1. The highest BCUT2D eigenvalue weighted by Crippen LogP contribution is 2.16. The van der Waals surface area contributed by atoms with E-state index in [0.29, 0.717) is 16.7 Å². The fourth-order valence-electron chi connectivity index (χ4n) is 1.54. The van der Waals surface area contributed by atoms with E-state index in [1.165, 1.54) is 36.0 Å². The van der Waals surface area contributed by atoms with E-state index in [1.807, 2.05) is 0 Å². The van der Waals surface area contributed by atoms with Gasteiger partial charge in [-0.2, -0.15) is 0 Å². The van der Waals surface area contributed by atoms with Crippen LogP contribution in [-0.4, -0.2) is 39.6 Å². The maximum atomic E-state index is 12.8. The lowest BCUT2D eigenvalue weighted by Gasteiger charge is -2.06. The van der Waals surface area contributed by atoms with Crippen LogP contribution in [0.3, 0.4) is 0 Å². The molecule has 4 N–H and O–H groups in total. The summed E-state index contributed by atoms with van der Waals surface area (Å²) in [5.41, 5.74) is 0. The second kappa shape index (κ2) is 8.15. The molecule has 3 amide bonds. The Morgan fingerprint density at radius 1 is 1.33 bits per heavy atom. The zero-order valence-electron chi connectivity index (χ0n) is 12.7. The molecule has 0 unspecified atom stereocenters. The first-order valence-electron chi connectivity index (χ1n) is 6.71. The Kier molecular flexibility index (Phi) is 5.95. The van der Waals surface area contributed by atoms with Crippen molar-refractivity contribution in [1.29, 1.82) is 0 Å². The van der Waals surface area contributed by atoms with E-state index in [4.69, 9.17) is 10.6 Å². The van der Waals surface area contributed by atoms with Gasteiger partial charge in [0.05, 0.1) is 5.75 Å². The molecule has 24 heavy (non-hydrogen) atoms. The Balaban J connectivity index is 1.87. The number of hydrogen-bond acceptors (Lipinski definition) is 7. The van der Waals surface area contributed by atoms with Gasteiger partial charge in [-0.15, -0.1) is 10.2 Å². The molecule has 0 atom stereocenters. The van der Waals surface area contributed by atoms with Gasteiger partial charge in [-0.05, 0) is 24.3 Å². The van der Waals surface area contributed by atoms with Crippen LogP contribution in [0.15, 0.2) is 29.4 Å². The van der Waals surface area contributed by atoms with Gasteiger partial charge < -0.3 is 15.9 Å². The van der Waals surface area contributed by atoms with Gasteiger partial charge in [-0.1, -0.05) is 11.8 Å². The van der Waals surface area contributed by atoms with E-state index < -0.39 is 11.9 Å². The molecular formula is C13H15FN6O3S. The van der Waals surface area contributed by atoms with Crippen molar-refractivity contribution in [2.45, 2.75) is 11.8 Å². The monoisotopic (exact) mass is 354 g/mol. The second-order valence-corrected chi connectivity index (χ2v) is 5.37. The number of hydrogen-bond donors (Lipinski definition) is 3. The first-order valence-corrected chi connectivity index (χ1v) is 7.70. The molecule has 0 saturated carbocycles. The lowest BCUT2D eigenvalue weighted by atomic mass is 10.3. The zero-order valence-corrected chi connectivity index (χ0v) is 13.5. The molecule has 0 radical (unpaired) electrons. The zero-order chi connectivity index (χ0) is 17.5. The molecule has 128 valence electrons. The molecule has 0 aliphatic rings. The first kappa shape index (κ1) is 17.5. The average Bonchev–Trinajstić information content (AvgIpc) is 2.92.